The van der Waals surface area contributed by atoms with Gasteiger partial charge in [0.25, 0.3) is 0 Å². The molecule has 1 N–H and O–H groups in total. The standard InChI is InChI=1S/C11H14.CH4O/c1-11(2)8-7-9-5-3-4-6-10(9)11;1-2/h3-6H,7-8H2,1-2H3;2H,1H3. The molecule has 0 heterocycles. The monoisotopic (exact) mass is 178 g/mol. The molecule has 13 heavy (non-hydrogen) atoms. The van der Waals surface area contributed by atoms with Crippen molar-refractivity contribution in [3.05, 3.63) is 35.4 Å². The van der Waals surface area contributed by atoms with Crippen LogP contribution >= 0.6 is 0 Å². The van der Waals surface area contributed by atoms with E-state index in [1.165, 1.54) is 12.8 Å². The number of benzene rings is 1. The van der Waals surface area contributed by atoms with E-state index in [0.717, 1.165) is 7.11 Å². The van der Waals surface area contributed by atoms with Crippen LogP contribution in [0.4, 0.5) is 0 Å². The Kier molecular flexibility index (Phi) is 3.10. The molecule has 0 atom stereocenters. The minimum atomic E-state index is 0.427. The summed E-state index contributed by atoms with van der Waals surface area (Å²) >= 11 is 0. The molecule has 0 saturated heterocycles. The first-order valence-corrected chi connectivity index (χ1v) is 4.73. The first-order valence-electron chi connectivity index (χ1n) is 4.73. The molecule has 0 unspecified atom stereocenters. The molecular formula is C12H18O. The molecule has 1 aromatic rings. The van der Waals surface area contributed by atoms with Crippen molar-refractivity contribution in [2.24, 2.45) is 0 Å². The third kappa shape index (κ3) is 1.92. The second-order valence-electron chi connectivity index (χ2n) is 4.04. The first kappa shape index (κ1) is 10.3. The van der Waals surface area contributed by atoms with Gasteiger partial charge in [0, 0.05) is 7.11 Å². The van der Waals surface area contributed by atoms with Gasteiger partial charge in [0.2, 0.25) is 0 Å². The molecule has 0 bridgehead atoms. The van der Waals surface area contributed by atoms with Crippen LogP contribution in [0.15, 0.2) is 24.3 Å². The summed E-state index contributed by atoms with van der Waals surface area (Å²) in [5.74, 6) is 0. The van der Waals surface area contributed by atoms with Crippen LogP contribution in [0.1, 0.15) is 31.4 Å². The third-order valence-electron chi connectivity index (χ3n) is 2.77. The molecule has 0 fully saturated rings. The molecule has 0 saturated carbocycles. The van der Waals surface area contributed by atoms with Crippen LogP contribution in [-0.2, 0) is 11.8 Å². The van der Waals surface area contributed by atoms with Crippen LogP contribution in [0, 0.1) is 0 Å². The average Bonchev–Trinajstić information content (AvgIpc) is 2.47. The molecule has 72 valence electrons. The van der Waals surface area contributed by atoms with Crippen molar-refractivity contribution >= 4 is 0 Å². The van der Waals surface area contributed by atoms with E-state index in [0.29, 0.717) is 5.41 Å². The second-order valence-corrected chi connectivity index (χ2v) is 4.04. The molecule has 1 nitrogen and oxygen atoms in total. The predicted octanol–water partition coefficient (Wildman–Crippen LogP) is 2.52. The van der Waals surface area contributed by atoms with E-state index in [1.54, 1.807) is 11.1 Å². The van der Waals surface area contributed by atoms with E-state index in [-0.39, 0.29) is 0 Å². The zero-order chi connectivity index (χ0) is 9.90. The smallest absolute Gasteiger partial charge is 0.0319 e. The summed E-state index contributed by atoms with van der Waals surface area (Å²) < 4.78 is 0. The lowest BCUT2D eigenvalue weighted by Crippen LogP contribution is -2.11. The van der Waals surface area contributed by atoms with E-state index < -0.39 is 0 Å². The van der Waals surface area contributed by atoms with Gasteiger partial charge in [-0.2, -0.15) is 0 Å². The summed E-state index contributed by atoms with van der Waals surface area (Å²) in [5, 5.41) is 7.00. The van der Waals surface area contributed by atoms with Crippen molar-refractivity contribution in [3.8, 4) is 0 Å². The van der Waals surface area contributed by atoms with Gasteiger partial charge in [0.15, 0.2) is 0 Å². The van der Waals surface area contributed by atoms with Gasteiger partial charge in [0.05, 0.1) is 0 Å². The quantitative estimate of drug-likeness (QED) is 0.647. The van der Waals surface area contributed by atoms with Crippen molar-refractivity contribution in [1.29, 1.82) is 0 Å². The molecule has 2 rings (SSSR count). The highest BCUT2D eigenvalue weighted by Gasteiger charge is 2.28. The molecule has 0 amide bonds. The highest BCUT2D eigenvalue weighted by molar-refractivity contribution is 5.37. The molecule has 0 radical (unpaired) electrons. The molecule has 1 aliphatic rings. The largest absolute Gasteiger partial charge is 0.400 e. The number of aryl methyl sites for hydroxylation is 1. The maximum absolute atomic E-state index is 7.00. The normalized spacial score (nSPS) is 17.2. The Labute approximate surface area is 80.4 Å². The zero-order valence-electron chi connectivity index (χ0n) is 8.67. The fourth-order valence-electron chi connectivity index (χ4n) is 1.98. The van der Waals surface area contributed by atoms with Crippen LogP contribution in [0.3, 0.4) is 0 Å². The summed E-state index contributed by atoms with van der Waals surface area (Å²) in [6.45, 7) is 4.66. The van der Waals surface area contributed by atoms with Crippen LogP contribution in [0.25, 0.3) is 0 Å². The lowest BCUT2D eigenvalue weighted by molar-refractivity contribution is 0.399. The summed E-state index contributed by atoms with van der Waals surface area (Å²) in [5.41, 5.74) is 3.54. The van der Waals surface area contributed by atoms with Crippen LogP contribution in [0.2, 0.25) is 0 Å². The highest BCUT2D eigenvalue weighted by Crippen LogP contribution is 2.37. The highest BCUT2D eigenvalue weighted by atomic mass is 16.2. The number of aliphatic hydroxyl groups is 1. The minimum Gasteiger partial charge on any atom is -0.400 e. The van der Waals surface area contributed by atoms with Gasteiger partial charge in [-0.3, -0.25) is 0 Å². The zero-order valence-corrected chi connectivity index (χ0v) is 8.67. The Bertz CT molecular complexity index is 276. The van der Waals surface area contributed by atoms with Crippen LogP contribution < -0.4 is 0 Å². The Morgan fingerprint density at radius 2 is 1.77 bits per heavy atom. The van der Waals surface area contributed by atoms with Crippen molar-refractivity contribution in [1.82, 2.24) is 0 Å². The van der Waals surface area contributed by atoms with Crippen molar-refractivity contribution in [2.45, 2.75) is 32.1 Å². The third-order valence-corrected chi connectivity index (χ3v) is 2.77. The lowest BCUT2D eigenvalue weighted by Gasteiger charge is -2.18. The minimum absolute atomic E-state index is 0.427. The predicted molar refractivity (Wildman–Crippen MR) is 55.9 cm³/mol. The van der Waals surface area contributed by atoms with Gasteiger partial charge in [-0.15, -0.1) is 0 Å². The molecule has 0 aromatic heterocycles. The molecule has 1 aliphatic carbocycles. The van der Waals surface area contributed by atoms with Gasteiger partial charge in [-0.1, -0.05) is 38.1 Å². The summed E-state index contributed by atoms with van der Waals surface area (Å²) in [7, 11) is 1.00. The van der Waals surface area contributed by atoms with Crippen LogP contribution in [0.5, 0.6) is 0 Å². The summed E-state index contributed by atoms with van der Waals surface area (Å²) in [4.78, 5) is 0. The van der Waals surface area contributed by atoms with Crippen molar-refractivity contribution < 1.29 is 5.11 Å². The molecule has 1 heteroatoms. The molecule has 1 aromatic carbocycles. The van der Waals surface area contributed by atoms with E-state index in [9.17, 15) is 0 Å². The number of hydrogen-bond donors (Lipinski definition) is 1. The first-order chi connectivity index (χ1) is 6.20. The Balaban J connectivity index is 0.000000396. The Morgan fingerprint density at radius 3 is 2.38 bits per heavy atom. The topological polar surface area (TPSA) is 20.2 Å². The summed E-state index contributed by atoms with van der Waals surface area (Å²) in [6, 6.07) is 8.80. The SMILES string of the molecule is CC1(C)CCc2ccccc21.CO. The van der Waals surface area contributed by atoms with Crippen LogP contribution in [-0.4, -0.2) is 12.2 Å². The fraction of sp³-hybridized carbons (Fsp3) is 0.500. The molecule has 0 aliphatic heterocycles. The van der Waals surface area contributed by atoms with E-state index >= 15 is 0 Å². The van der Waals surface area contributed by atoms with Crippen molar-refractivity contribution in [3.63, 3.8) is 0 Å². The average molecular weight is 178 g/mol. The second kappa shape index (κ2) is 3.93. The molecule has 0 spiro atoms. The summed E-state index contributed by atoms with van der Waals surface area (Å²) in [6.07, 6.45) is 2.58. The van der Waals surface area contributed by atoms with Gasteiger partial charge >= 0.3 is 0 Å². The van der Waals surface area contributed by atoms with Crippen molar-refractivity contribution in [2.75, 3.05) is 7.11 Å². The van der Waals surface area contributed by atoms with Gasteiger partial charge < -0.3 is 5.11 Å². The number of fused-ring (bicyclic) bond motifs is 1. The maximum atomic E-state index is 7.00. The van der Waals surface area contributed by atoms with Gasteiger partial charge in [-0.25, -0.2) is 0 Å². The Hall–Kier alpha value is -0.820. The van der Waals surface area contributed by atoms with E-state index in [2.05, 4.69) is 38.1 Å². The van der Waals surface area contributed by atoms with Gasteiger partial charge in [-0.05, 0) is 29.4 Å². The van der Waals surface area contributed by atoms with Gasteiger partial charge in [0.1, 0.15) is 0 Å². The number of rotatable bonds is 0. The molecular weight excluding hydrogens is 160 g/mol. The Morgan fingerprint density at radius 1 is 1.15 bits per heavy atom. The maximum Gasteiger partial charge on any atom is 0.0319 e. The van der Waals surface area contributed by atoms with E-state index in [1.807, 2.05) is 0 Å². The number of hydrogen-bond acceptors (Lipinski definition) is 1. The van der Waals surface area contributed by atoms with E-state index in [4.69, 9.17) is 5.11 Å². The lowest BCUT2D eigenvalue weighted by atomic mass is 9.87. The fourth-order valence-corrected chi connectivity index (χ4v) is 1.98. The number of aliphatic hydroxyl groups excluding tert-OH is 1.